The first kappa shape index (κ1) is 23.8. The van der Waals surface area contributed by atoms with Gasteiger partial charge in [0.15, 0.2) is 0 Å². The fourth-order valence-corrected chi connectivity index (χ4v) is 5.08. The van der Waals surface area contributed by atoms with Gasteiger partial charge in [-0.15, -0.1) is 0 Å². The summed E-state index contributed by atoms with van der Waals surface area (Å²) in [7, 11) is 0. The molecule has 1 fully saturated rings. The number of likely N-dealkylation sites (tertiary alicyclic amines) is 1. The summed E-state index contributed by atoms with van der Waals surface area (Å²) in [5, 5.41) is 11.8. The highest BCUT2D eigenvalue weighted by Gasteiger charge is 2.33. The first-order valence-electron chi connectivity index (χ1n) is 12.0. The van der Waals surface area contributed by atoms with Crippen LogP contribution in [-0.4, -0.2) is 53.7 Å². The van der Waals surface area contributed by atoms with Gasteiger partial charge in [0.05, 0.1) is 0 Å². The van der Waals surface area contributed by atoms with Crippen molar-refractivity contribution in [3.63, 3.8) is 0 Å². The van der Waals surface area contributed by atoms with Gasteiger partial charge in [-0.2, -0.15) is 0 Å². The molecule has 1 aliphatic carbocycles. The molecule has 0 spiro atoms. The van der Waals surface area contributed by atoms with Crippen molar-refractivity contribution in [2.75, 3.05) is 19.7 Å². The maximum atomic E-state index is 13.1. The molecular weight excluding hydrogens is 432 g/mol. The number of hydrogen-bond acceptors (Lipinski definition) is 4. The molecule has 34 heavy (non-hydrogen) atoms. The summed E-state index contributed by atoms with van der Waals surface area (Å²) in [5.41, 5.74) is 4.59. The molecule has 2 aromatic rings. The Morgan fingerprint density at radius 3 is 2.09 bits per heavy atom. The van der Waals surface area contributed by atoms with Gasteiger partial charge in [0, 0.05) is 25.4 Å². The maximum Gasteiger partial charge on any atom is 0.407 e. The monoisotopic (exact) mass is 464 g/mol. The van der Waals surface area contributed by atoms with Crippen LogP contribution in [0.1, 0.15) is 50.2 Å². The fraction of sp³-hybridized carbons (Fsp3) is 0.444. The number of ether oxygens (including phenoxy) is 1. The molecule has 1 atom stereocenters. The number of carbonyl (C=O) groups excluding carboxylic acids is 2. The van der Waals surface area contributed by atoms with Gasteiger partial charge in [0.25, 0.3) is 0 Å². The number of hydrogen-bond donors (Lipinski definition) is 2. The van der Waals surface area contributed by atoms with E-state index in [1.54, 1.807) is 4.90 Å². The van der Waals surface area contributed by atoms with Gasteiger partial charge in [-0.05, 0) is 46.9 Å². The summed E-state index contributed by atoms with van der Waals surface area (Å²) >= 11 is 0. The van der Waals surface area contributed by atoms with E-state index in [1.165, 1.54) is 0 Å². The quantitative estimate of drug-likeness (QED) is 0.638. The Hall–Kier alpha value is -3.35. The van der Waals surface area contributed by atoms with Crippen LogP contribution in [0.25, 0.3) is 11.1 Å². The zero-order valence-electron chi connectivity index (χ0n) is 19.7. The maximum absolute atomic E-state index is 13.1. The number of aliphatic carboxylic acids is 1. The third kappa shape index (κ3) is 5.08. The first-order chi connectivity index (χ1) is 16.3. The highest BCUT2D eigenvalue weighted by molar-refractivity contribution is 5.86. The molecule has 1 heterocycles. The average Bonchev–Trinajstić information content (AvgIpc) is 3.14. The number of alkyl carbamates (subject to hydrolysis) is 1. The van der Waals surface area contributed by atoms with E-state index in [4.69, 9.17) is 9.84 Å². The van der Waals surface area contributed by atoms with E-state index in [2.05, 4.69) is 29.6 Å². The number of nitrogens with one attached hydrogen (secondary N) is 1. The van der Waals surface area contributed by atoms with Gasteiger partial charge < -0.3 is 20.1 Å². The molecule has 0 aromatic heterocycles. The van der Waals surface area contributed by atoms with Gasteiger partial charge in [-0.1, -0.05) is 62.4 Å². The van der Waals surface area contributed by atoms with Crippen LogP contribution in [-0.2, 0) is 14.3 Å². The lowest BCUT2D eigenvalue weighted by Crippen LogP contribution is -2.53. The average molecular weight is 465 g/mol. The predicted molar refractivity (Wildman–Crippen MR) is 128 cm³/mol. The van der Waals surface area contributed by atoms with Crippen LogP contribution >= 0.6 is 0 Å². The molecule has 7 nitrogen and oxygen atoms in total. The lowest BCUT2D eigenvalue weighted by molar-refractivity contribution is -0.139. The van der Waals surface area contributed by atoms with Gasteiger partial charge >= 0.3 is 12.1 Å². The molecule has 7 heteroatoms. The standard InChI is InChI=1S/C27H32N2O5/c1-17(2)25(26(32)29-13-11-18(12-14-29)15-24(30)31)28-27(33)34-16-23-21-9-5-3-7-19(21)20-8-4-6-10-22(20)23/h3-10,17-18,23,25H,11-16H2,1-2H3,(H,28,33)(H,30,31)/t25-/m0/s1. The summed E-state index contributed by atoms with van der Waals surface area (Å²) < 4.78 is 5.63. The number of nitrogens with zero attached hydrogens (tertiary/aromatic N) is 1. The SMILES string of the molecule is CC(C)[C@H](NC(=O)OCC1c2ccccc2-c2ccccc21)C(=O)N1CCC(CC(=O)O)CC1. The van der Waals surface area contributed by atoms with Crippen LogP contribution < -0.4 is 5.32 Å². The molecule has 0 unspecified atom stereocenters. The zero-order chi connectivity index (χ0) is 24.2. The second kappa shape index (κ2) is 10.3. The molecular formula is C27H32N2O5. The summed E-state index contributed by atoms with van der Waals surface area (Å²) in [5.74, 6) is -1.00. The third-order valence-corrected chi connectivity index (χ3v) is 6.94. The minimum Gasteiger partial charge on any atom is -0.481 e. The van der Waals surface area contributed by atoms with Crippen molar-refractivity contribution >= 4 is 18.0 Å². The van der Waals surface area contributed by atoms with Crippen LogP contribution in [0.4, 0.5) is 4.79 Å². The minimum absolute atomic E-state index is 0.0420. The Labute approximate surface area is 200 Å². The van der Waals surface area contributed by atoms with E-state index >= 15 is 0 Å². The van der Waals surface area contributed by atoms with Crippen molar-refractivity contribution in [2.45, 2.75) is 45.1 Å². The van der Waals surface area contributed by atoms with Crippen molar-refractivity contribution in [3.8, 4) is 11.1 Å². The number of carboxylic acids is 1. The minimum atomic E-state index is -0.804. The van der Waals surface area contributed by atoms with Crippen LogP contribution in [0.5, 0.6) is 0 Å². The Morgan fingerprint density at radius 1 is 1.00 bits per heavy atom. The smallest absolute Gasteiger partial charge is 0.407 e. The number of fused-ring (bicyclic) bond motifs is 3. The molecule has 2 N–H and O–H groups in total. The number of rotatable bonds is 7. The molecule has 180 valence electrons. The van der Waals surface area contributed by atoms with Crippen molar-refractivity contribution in [1.82, 2.24) is 10.2 Å². The topological polar surface area (TPSA) is 95.9 Å². The van der Waals surface area contributed by atoms with Crippen LogP contribution in [0.15, 0.2) is 48.5 Å². The normalized spacial score (nSPS) is 16.6. The Kier molecular flexibility index (Phi) is 7.20. The number of piperidine rings is 1. The molecule has 2 aliphatic rings. The summed E-state index contributed by atoms with van der Waals surface area (Å²) in [6.45, 7) is 4.99. The molecule has 1 aliphatic heterocycles. The molecule has 2 amide bonds. The van der Waals surface area contributed by atoms with Crippen molar-refractivity contribution in [3.05, 3.63) is 59.7 Å². The molecule has 4 rings (SSSR count). The van der Waals surface area contributed by atoms with Crippen molar-refractivity contribution in [1.29, 1.82) is 0 Å². The largest absolute Gasteiger partial charge is 0.481 e. The first-order valence-corrected chi connectivity index (χ1v) is 12.0. The molecule has 2 aromatic carbocycles. The van der Waals surface area contributed by atoms with E-state index in [-0.39, 0.29) is 36.7 Å². The molecule has 0 radical (unpaired) electrons. The number of carbonyl (C=O) groups is 3. The Bertz CT molecular complexity index is 1010. The molecule has 0 bridgehead atoms. The number of amides is 2. The van der Waals surface area contributed by atoms with Crippen LogP contribution in [0, 0.1) is 11.8 Å². The van der Waals surface area contributed by atoms with E-state index in [1.807, 2.05) is 38.1 Å². The molecule has 0 saturated carbocycles. The van der Waals surface area contributed by atoms with Crippen LogP contribution in [0.3, 0.4) is 0 Å². The predicted octanol–water partition coefficient (Wildman–Crippen LogP) is 4.26. The Balaban J connectivity index is 1.36. The van der Waals surface area contributed by atoms with Gasteiger partial charge in [-0.3, -0.25) is 9.59 Å². The highest BCUT2D eigenvalue weighted by Crippen LogP contribution is 2.44. The van der Waals surface area contributed by atoms with Crippen molar-refractivity contribution < 1.29 is 24.2 Å². The van der Waals surface area contributed by atoms with Gasteiger partial charge in [0.1, 0.15) is 12.6 Å². The second-order valence-corrected chi connectivity index (χ2v) is 9.56. The Morgan fingerprint density at radius 2 is 1.56 bits per heavy atom. The molecule has 1 saturated heterocycles. The summed E-state index contributed by atoms with van der Waals surface area (Å²) in [4.78, 5) is 38.5. The van der Waals surface area contributed by atoms with Gasteiger partial charge in [0.2, 0.25) is 5.91 Å². The van der Waals surface area contributed by atoms with Crippen molar-refractivity contribution in [2.24, 2.45) is 11.8 Å². The number of benzene rings is 2. The highest BCUT2D eigenvalue weighted by atomic mass is 16.5. The van der Waals surface area contributed by atoms with E-state index < -0.39 is 18.1 Å². The second-order valence-electron chi connectivity index (χ2n) is 9.56. The van der Waals surface area contributed by atoms with E-state index in [0.717, 1.165) is 22.3 Å². The number of carboxylic acid groups (broad SMARTS) is 1. The summed E-state index contributed by atoms with van der Waals surface area (Å²) in [6, 6.07) is 15.6. The summed E-state index contributed by atoms with van der Waals surface area (Å²) in [6.07, 6.45) is 0.851. The third-order valence-electron chi connectivity index (χ3n) is 6.94. The lowest BCUT2D eigenvalue weighted by atomic mass is 9.92. The van der Waals surface area contributed by atoms with Gasteiger partial charge in [-0.25, -0.2) is 4.79 Å². The van der Waals surface area contributed by atoms with E-state index in [0.29, 0.717) is 25.9 Å². The van der Waals surface area contributed by atoms with E-state index in [9.17, 15) is 14.4 Å². The lowest BCUT2D eigenvalue weighted by Gasteiger charge is -2.35. The van der Waals surface area contributed by atoms with Crippen LogP contribution in [0.2, 0.25) is 0 Å². The zero-order valence-corrected chi connectivity index (χ0v) is 19.7. The fourth-order valence-electron chi connectivity index (χ4n) is 5.08.